The number of aromatic nitrogens is 3. The number of aryl methyl sites for hydroxylation is 1. The first-order valence-electron chi connectivity index (χ1n) is 10.2. The van der Waals surface area contributed by atoms with Crippen molar-refractivity contribution >= 4 is 16.1 Å². The molecule has 0 spiro atoms. The van der Waals surface area contributed by atoms with E-state index in [1.54, 1.807) is 6.04 Å². The molecule has 0 aliphatic heterocycles. The lowest BCUT2D eigenvalue weighted by Gasteiger charge is -2.14. The minimum absolute atomic E-state index is 0. The molecule has 0 saturated heterocycles. The highest BCUT2D eigenvalue weighted by atomic mass is 28.3. The molecule has 31 heavy (non-hydrogen) atoms. The minimum Gasteiger partial charge on any atom is -0.360 e. The van der Waals surface area contributed by atoms with E-state index < -0.39 is 16.1 Å². The second-order valence-electron chi connectivity index (χ2n) is 9.33. The molecule has 0 aliphatic carbocycles. The summed E-state index contributed by atoms with van der Waals surface area (Å²) in [6, 6.07) is 4.49. The Morgan fingerprint density at radius 3 is 1.94 bits per heavy atom. The van der Waals surface area contributed by atoms with E-state index in [0.29, 0.717) is 13.1 Å². The molecule has 0 aromatic carbocycles. The normalized spacial score (nSPS) is 9.87. The summed E-state index contributed by atoms with van der Waals surface area (Å²) in [5.41, 5.74) is 18.7. The zero-order valence-corrected chi connectivity index (χ0v) is 21.4. The quantitative estimate of drug-likeness (QED) is 0.0771. The van der Waals surface area contributed by atoms with Crippen LogP contribution in [0.3, 0.4) is 0 Å². The Morgan fingerprint density at radius 1 is 1.06 bits per heavy atom. The van der Waals surface area contributed by atoms with Gasteiger partial charge in [0.1, 0.15) is 0 Å². The number of nitrogens with two attached hydrogens (primary N) is 2. The molecule has 1 aromatic rings. The number of nitrogens with zero attached hydrogens (tertiary/aromatic N) is 6. The van der Waals surface area contributed by atoms with Crippen molar-refractivity contribution in [1.82, 2.24) is 15.0 Å². The molecule has 4 N–H and O–H groups in total. The molecule has 0 aliphatic rings. The molecule has 0 saturated carbocycles. The van der Waals surface area contributed by atoms with Gasteiger partial charge in [0, 0.05) is 46.9 Å². The van der Waals surface area contributed by atoms with E-state index in [4.69, 9.17) is 11.3 Å². The standard InChI is InChI=1S/C10H22N4Si.C7H17N3Si.C2H3N.2CH4/c1-15(2,3)7-5-4-6-14-9-10(8-11)12-13-14;1-11(2,3)7-5-4-6-9-10-8;1-2-3;;/h9H,4-8,11H2,1-3H3;4-7H2,1-3H3;1H,3H2;2*1H4. The van der Waals surface area contributed by atoms with Crippen LogP contribution in [0.1, 0.15) is 46.2 Å². The number of hydrogen-bond acceptors (Lipinski definition) is 5. The van der Waals surface area contributed by atoms with Crippen LogP contribution < -0.4 is 11.5 Å². The van der Waals surface area contributed by atoms with Gasteiger partial charge in [-0.3, -0.25) is 4.68 Å². The Balaban J connectivity index is -0.000000204. The summed E-state index contributed by atoms with van der Waals surface area (Å²) in [6.07, 6.45) is 11.1. The number of azide groups is 1. The van der Waals surface area contributed by atoms with Crippen molar-refractivity contribution in [1.29, 1.82) is 0 Å². The van der Waals surface area contributed by atoms with Crippen LogP contribution in [-0.2, 0) is 13.1 Å². The Morgan fingerprint density at radius 2 is 1.55 bits per heavy atom. The molecule has 0 bridgehead atoms. The summed E-state index contributed by atoms with van der Waals surface area (Å²) in [5.74, 6) is 0. The van der Waals surface area contributed by atoms with Crippen molar-refractivity contribution in [3.63, 3.8) is 0 Å². The topological polar surface area (TPSA) is 132 Å². The average molecular weight is 471 g/mol. The molecule has 0 fully saturated rings. The molecule has 8 nitrogen and oxygen atoms in total. The molecule has 0 amide bonds. The van der Waals surface area contributed by atoms with Gasteiger partial charge < -0.3 is 11.5 Å². The van der Waals surface area contributed by atoms with Crippen LogP contribution in [0.4, 0.5) is 0 Å². The molecule has 182 valence electrons. The Labute approximate surface area is 194 Å². The second kappa shape index (κ2) is 21.4. The maximum absolute atomic E-state index is 7.99. The number of rotatable bonds is 11. The van der Waals surface area contributed by atoms with Gasteiger partial charge >= 0.3 is 0 Å². The fourth-order valence-electron chi connectivity index (χ4n) is 2.35. The molecule has 1 heterocycles. The Bertz CT molecular complexity index is 606. The smallest absolute Gasteiger partial charge is 0.0962 e. The maximum atomic E-state index is 7.99. The lowest BCUT2D eigenvalue weighted by Crippen LogP contribution is -2.18. The van der Waals surface area contributed by atoms with Crippen LogP contribution in [-0.4, -0.2) is 37.7 Å². The zero-order chi connectivity index (χ0) is 22.8. The van der Waals surface area contributed by atoms with Crippen LogP contribution in [0.25, 0.3) is 10.4 Å². The minimum atomic E-state index is -0.862. The highest BCUT2D eigenvalue weighted by Gasteiger charge is 2.12. The van der Waals surface area contributed by atoms with E-state index in [-0.39, 0.29) is 14.9 Å². The summed E-state index contributed by atoms with van der Waals surface area (Å²) in [5, 5.41) is 11.5. The van der Waals surface area contributed by atoms with Crippen molar-refractivity contribution in [2.75, 3.05) is 6.54 Å². The first-order chi connectivity index (χ1) is 13.5. The lowest BCUT2D eigenvalue weighted by atomic mass is 10.3. The van der Waals surface area contributed by atoms with E-state index in [1.165, 1.54) is 31.4 Å². The maximum Gasteiger partial charge on any atom is 0.0962 e. The highest BCUT2D eigenvalue weighted by molar-refractivity contribution is 6.76. The molecule has 0 atom stereocenters. The predicted octanol–water partition coefficient (Wildman–Crippen LogP) is 6.08. The summed E-state index contributed by atoms with van der Waals surface area (Å²) in [4.78, 5) is 2.71. The van der Waals surface area contributed by atoms with E-state index >= 15 is 0 Å². The van der Waals surface area contributed by atoms with Gasteiger partial charge in [-0.05, 0) is 24.4 Å². The summed E-state index contributed by atoms with van der Waals surface area (Å²) >= 11 is 0. The summed E-state index contributed by atoms with van der Waals surface area (Å²) < 4.78 is 1.90. The SMILES string of the molecule is C.C.C#CN.C[Si](C)(C)CCCCN=[N+]=[N-].C[Si](C)(C)CCCCn1cc(CN)nn1. The third-order valence-corrected chi connectivity index (χ3v) is 7.56. The van der Waals surface area contributed by atoms with Crippen molar-refractivity contribution in [3.8, 4) is 12.5 Å². The predicted molar refractivity (Wildman–Crippen MR) is 143 cm³/mol. The van der Waals surface area contributed by atoms with Crippen molar-refractivity contribution in [3.05, 3.63) is 22.3 Å². The summed E-state index contributed by atoms with van der Waals surface area (Å²) in [7, 11) is -1.71. The first kappa shape index (κ1) is 36.6. The fourth-order valence-corrected chi connectivity index (χ4v) is 4.97. The number of terminal acetylenes is 1. The van der Waals surface area contributed by atoms with Crippen LogP contribution in [0.2, 0.25) is 51.4 Å². The molecule has 1 rings (SSSR count). The van der Waals surface area contributed by atoms with E-state index in [0.717, 1.165) is 18.7 Å². The molecular weight excluding hydrogens is 420 g/mol. The number of hydrogen-bond donors (Lipinski definition) is 2. The number of unbranched alkanes of at least 4 members (excludes halogenated alkanes) is 2. The zero-order valence-electron chi connectivity index (χ0n) is 19.4. The third-order valence-electron chi connectivity index (χ3n) is 3.86. The van der Waals surface area contributed by atoms with Gasteiger partial charge in [0.05, 0.1) is 5.69 Å². The van der Waals surface area contributed by atoms with E-state index in [9.17, 15) is 0 Å². The highest BCUT2D eigenvalue weighted by Crippen LogP contribution is 2.13. The van der Waals surface area contributed by atoms with Gasteiger partial charge in [-0.1, -0.05) is 95.8 Å². The second-order valence-corrected chi connectivity index (χ2v) is 20.6. The lowest BCUT2D eigenvalue weighted by molar-refractivity contribution is 0.551. The van der Waals surface area contributed by atoms with Crippen molar-refractivity contribution in [2.24, 2.45) is 16.6 Å². The first-order valence-corrected chi connectivity index (χ1v) is 17.7. The van der Waals surface area contributed by atoms with E-state index in [2.05, 4.69) is 71.8 Å². The van der Waals surface area contributed by atoms with Gasteiger partial charge in [-0.2, -0.15) is 0 Å². The average Bonchev–Trinajstić information content (AvgIpc) is 3.06. The summed E-state index contributed by atoms with van der Waals surface area (Å²) in [6.45, 7) is 16.4. The van der Waals surface area contributed by atoms with Crippen LogP contribution in [0.15, 0.2) is 11.3 Å². The largest absolute Gasteiger partial charge is 0.360 e. The van der Waals surface area contributed by atoms with Crippen LogP contribution >= 0.6 is 0 Å². The van der Waals surface area contributed by atoms with Crippen LogP contribution in [0.5, 0.6) is 0 Å². The molecule has 0 radical (unpaired) electrons. The molecular formula is C21H50N8Si2. The van der Waals surface area contributed by atoms with Crippen molar-refractivity contribution < 1.29 is 0 Å². The Hall–Kier alpha value is -1.80. The molecule has 1 aromatic heterocycles. The van der Waals surface area contributed by atoms with Gasteiger partial charge in [-0.25, -0.2) is 0 Å². The van der Waals surface area contributed by atoms with Crippen LogP contribution in [0, 0.1) is 12.5 Å². The van der Waals surface area contributed by atoms with E-state index in [1.807, 2.05) is 10.9 Å². The molecule has 10 heteroatoms. The Kier molecular flexibility index (Phi) is 25.3. The van der Waals surface area contributed by atoms with Gasteiger partial charge in [0.25, 0.3) is 0 Å². The monoisotopic (exact) mass is 470 g/mol. The van der Waals surface area contributed by atoms with Crippen molar-refractivity contribution in [2.45, 2.75) is 105 Å². The molecule has 0 unspecified atom stereocenters. The van der Waals surface area contributed by atoms with Gasteiger partial charge in [0.15, 0.2) is 0 Å². The van der Waals surface area contributed by atoms with Gasteiger partial charge in [-0.15, -0.1) is 5.10 Å². The van der Waals surface area contributed by atoms with Gasteiger partial charge in [0.2, 0.25) is 0 Å². The third kappa shape index (κ3) is 30.5. The fraction of sp³-hybridized carbons (Fsp3) is 0.810.